The van der Waals surface area contributed by atoms with Gasteiger partial charge < -0.3 is 15.4 Å². The number of benzene rings is 1. The van der Waals surface area contributed by atoms with Crippen LogP contribution in [0.3, 0.4) is 0 Å². The molecule has 0 aromatic heterocycles. The lowest BCUT2D eigenvalue weighted by Gasteiger charge is -2.25. The molecule has 0 bridgehead atoms. The quantitative estimate of drug-likeness (QED) is 0.850. The summed E-state index contributed by atoms with van der Waals surface area (Å²) in [6, 6.07) is 7.35. The number of rotatable bonds is 4. The van der Waals surface area contributed by atoms with Gasteiger partial charge in [-0.2, -0.15) is 0 Å². The van der Waals surface area contributed by atoms with Gasteiger partial charge in [0, 0.05) is 6.54 Å². The maximum Gasteiger partial charge on any atom is 0.255 e. The summed E-state index contributed by atoms with van der Waals surface area (Å²) in [6.45, 7) is 6.30. The molecule has 0 saturated carbocycles. The SMILES string of the molecule is CCOc1ccccc1C(=O)NC1(C)CCNC1. The van der Waals surface area contributed by atoms with Crippen LogP contribution in [0.5, 0.6) is 5.75 Å². The van der Waals surface area contributed by atoms with Crippen molar-refractivity contribution in [3.8, 4) is 5.75 Å². The molecule has 1 aromatic rings. The third-order valence-electron chi connectivity index (χ3n) is 3.22. The minimum absolute atomic E-state index is 0.0646. The van der Waals surface area contributed by atoms with E-state index >= 15 is 0 Å². The van der Waals surface area contributed by atoms with Crippen molar-refractivity contribution in [1.29, 1.82) is 0 Å². The molecular formula is C14H20N2O2. The lowest BCUT2D eigenvalue weighted by atomic mass is 10.0. The number of nitrogens with one attached hydrogen (secondary N) is 2. The summed E-state index contributed by atoms with van der Waals surface area (Å²) >= 11 is 0. The van der Waals surface area contributed by atoms with Gasteiger partial charge in [0.1, 0.15) is 5.75 Å². The second-order valence-corrected chi connectivity index (χ2v) is 4.87. The van der Waals surface area contributed by atoms with Crippen molar-refractivity contribution in [3.63, 3.8) is 0 Å². The maximum atomic E-state index is 12.3. The van der Waals surface area contributed by atoms with Crippen LogP contribution < -0.4 is 15.4 Å². The third kappa shape index (κ3) is 2.82. The lowest BCUT2D eigenvalue weighted by molar-refractivity contribution is 0.0909. The second kappa shape index (κ2) is 5.40. The van der Waals surface area contributed by atoms with Crippen LogP contribution in [0.15, 0.2) is 24.3 Å². The standard InChI is InChI=1S/C14H20N2O2/c1-3-18-12-7-5-4-6-11(12)13(17)16-14(2)8-9-15-10-14/h4-7,15H,3,8-10H2,1-2H3,(H,16,17). The van der Waals surface area contributed by atoms with E-state index in [0.717, 1.165) is 19.5 Å². The summed E-state index contributed by atoms with van der Waals surface area (Å²) in [5.74, 6) is 0.581. The average molecular weight is 248 g/mol. The summed E-state index contributed by atoms with van der Waals surface area (Å²) in [7, 11) is 0. The Morgan fingerprint density at radius 2 is 2.28 bits per heavy atom. The Morgan fingerprint density at radius 1 is 1.50 bits per heavy atom. The van der Waals surface area contributed by atoms with E-state index in [1.165, 1.54) is 0 Å². The molecular weight excluding hydrogens is 228 g/mol. The Labute approximate surface area is 108 Å². The van der Waals surface area contributed by atoms with Gasteiger partial charge in [0.05, 0.1) is 17.7 Å². The molecule has 4 nitrogen and oxygen atoms in total. The molecule has 1 saturated heterocycles. The van der Waals surface area contributed by atoms with Gasteiger partial charge in [-0.25, -0.2) is 0 Å². The number of para-hydroxylation sites is 1. The van der Waals surface area contributed by atoms with Gasteiger partial charge in [0.15, 0.2) is 0 Å². The number of carbonyl (C=O) groups excluding carboxylic acids is 1. The van der Waals surface area contributed by atoms with E-state index in [1.54, 1.807) is 6.07 Å². The number of hydrogen-bond acceptors (Lipinski definition) is 3. The molecule has 2 rings (SSSR count). The van der Waals surface area contributed by atoms with E-state index in [9.17, 15) is 4.79 Å². The van der Waals surface area contributed by atoms with Crippen molar-refractivity contribution in [2.75, 3.05) is 19.7 Å². The van der Waals surface area contributed by atoms with Crippen LogP contribution in [0.1, 0.15) is 30.6 Å². The lowest BCUT2D eigenvalue weighted by Crippen LogP contribution is -2.47. The molecule has 0 radical (unpaired) electrons. The van der Waals surface area contributed by atoms with Crippen LogP contribution in [0.25, 0.3) is 0 Å². The van der Waals surface area contributed by atoms with Crippen molar-refractivity contribution in [2.45, 2.75) is 25.8 Å². The van der Waals surface area contributed by atoms with Crippen molar-refractivity contribution in [3.05, 3.63) is 29.8 Å². The van der Waals surface area contributed by atoms with Gasteiger partial charge in [0.25, 0.3) is 5.91 Å². The molecule has 1 unspecified atom stereocenters. The molecule has 1 aliphatic heterocycles. The topological polar surface area (TPSA) is 50.4 Å². The number of hydrogen-bond donors (Lipinski definition) is 2. The highest BCUT2D eigenvalue weighted by molar-refractivity contribution is 5.97. The Balaban J connectivity index is 2.13. The van der Waals surface area contributed by atoms with Gasteiger partial charge in [-0.15, -0.1) is 0 Å². The summed E-state index contributed by atoms with van der Waals surface area (Å²) in [4.78, 5) is 12.3. The molecule has 1 aromatic carbocycles. The van der Waals surface area contributed by atoms with E-state index in [0.29, 0.717) is 17.9 Å². The fraction of sp³-hybridized carbons (Fsp3) is 0.500. The Morgan fingerprint density at radius 3 is 2.94 bits per heavy atom. The zero-order valence-electron chi connectivity index (χ0n) is 11.0. The van der Waals surface area contributed by atoms with Gasteiger partial charge in [0.2, 0.25) is 0 Å². The van der Waals surface area contributed by atoms with Crippen molar-refractivity contribution < 1.29 is 9.53 Å². The van der Waals surface area contributed by atoms with E-state index < -0.39 is 0 Å². The highest BCUT2D eigenvalue weighted by Gasteiger charge is 2.30. The number of carbonyl (C=O) groups is 1. The monoisotopic (exact) mass is 248 g/mol. The van der Waals surface area contributed by atoms with E-state index in [-0.39, 0.29) is 11.4 Å². The van der Waals surface area contributed by atoms with Gasteiger partial charge in [-0.1, -0.05) is 12.1 Å². The molecule has 2 N–H and O–H groups in total. The Bertz CT molecular complexity index is 426. The fourth-order valence-corrected chi connectivity index (χ4v) is 2.20. The molecule has 4 heteroatoms. The Hall–Kier alpha value is -1.55. The zero-order valence-corrected chi connectivity index (χ0v) is 11.0. The van der Waals surface area contributed by atoms with Crippen LogP contribution in [-0.2, 0) is 0 Å². The molecule has 18 heavy (non-hydrogen) atoms. The van der Waals surface area contributed by atoms with E-state index in [4.69, 9.17) is 4.74 Å². The molecule has 1 aliphatic rings. The van der Waals surface area contributed by atoms with Gasteiger partial charge >= 0.3 is 0 Å². The number of amides is 1. The number of ether oxygens (including phenoxy) is 1. The first kappa shape index (κ1) is 12.9. The van der Waals surface area contributed by atoms with Crippen LogP contribution >= 0.6 is 0 Å². The van der Waals surface area contributed by atoms with Crippen molar-refractivity contribution in [2.24, 2.45) is 0 Å². The zero-order chi connectivity index (χ0) is 13.0. The van der Waals surface area contributed by atoms with Crippen molar-refractivity contribution >= 4 is 5.91 Å². The highest BCUT2D eigenvalue weighted by atomic mass is 16.5. The van der Waals surface area contributed by atoms with E-state index in [1.807, 2.05) is 25.1 Å². The maximum absolute atomic E-state index is 12.3. The first-order valence-electron chi connectivity index (χ1n) is 6.40. The summed E-state index contributed by atoms with van der Waals surface area (Å²) in [6.07, 6.45) is 0.954. The molecule has 1 fully saturated rings. The molecule has 1 heterocycles. The van der Waals surface area contributed by atoms with Gasteiger partial charge in [-0.3, -0.25) is 4.79 Å². The molecule has 1 amide bonds. The third-order valence-corrected chi connectivity index (χ3v) is 3.22. The second-order valence-electron chi connectivity index (χ2n) is 4.87. The largest absolute Gasteiger partial charge is 0.493 e. The highest BCUT2D eigenvalue weighted by Crippen LogP contribution is 2.20. The minimum atomic E-state index is -0.156. The van der Waals surface area contributed by atoms with Crippen LogP contribution in [0, 0.1) is 0 Å². The first-order valence-corrected chi connectivity index (χ1v) is 6.40. The van der Waals surface area contributed by atoms with Gasteiger partial charge in [-0.05, 0) is 38.9 Å². The summed E-state index contributed by atoms with van der Waals surface area (Å²) in [5.41, 5.74) is 0.448. The summed E-state index contributed by atoms with van der Waals surface area (Å²) in [5, 5.41) is 6.35. The predicted octanol–water partition coefficient (Wildman–Crippen LogP) is 1.57. The molecule has 0 spiro atoms. The Kier molecular flexibility index (Phi) is 3.87. The van der Waals surface area contributed by atoms with E-state index in [2.05, 4.69) is 17.6 Å². The fourth-order valence-electron chi connectivity index (χ4n) is 2.20. The minimum Gasteiger partial charge on any atom is -0.493 e. The molecule has 0 aliphatic carbocycles. The predicted molar refractivity (Wildman–Crippen MR) is 71.0 cm³/mol. The van der Waals surface area contributed by atoms with Crippen LogP contribution in [0.2, 0.25) is 0 Å². The van der Waals surface area contributed by atoms with Crippen LogP contribution in [0.4, 0.5) is 0 Å². The summed E-state index contributed by atoms with van der Waals surface area (Å²) < 4.78 is 5.48. The smallest absolute Gasteiger partial charge is 0.255 e. The first-order chi connectivity index (χ1) is 8.64. The normalized spacial score (nSPS) is 22.8. The average Bonchev–Trinajstić information content (AvgIpc) is 2.77. The molecule has 1 atom stereocenters. The van der Waals surface area contributed by atoms with Crippen LogP contribution in [-0.4, -0.2) is 31.1 Å². The van der Waals surface area contributed by atoms with Crippen molar-refractivity contribution in [1.82, 2.24) is 10.6 Å². The molecule has 98 valence electrons.